The molecule has 4 amide bonds. The Kier molecular flexibility index (Phi) is 27.1. The Morgan fingerprint density at radius 3 is 1.29 bits per heavy atom. The molecule has 8 aromatic rings. The first-order chi connectivity index (χ1) is 45.2. The van der Waals surface area contributed by atoms with E-state index in [9.17, 15) is 28.8 Å². The van der Waals surface area contributed by atoms with E-state index in [0.717, 1.165) is 24.0 Å². The summed E-state index contributed by atoms with van der Waals surface area (Å²) < 4.78 is 85.0. The van der Waals surface area contributed by atoms with E-state index in [0.29, 0.717) is 83.5 Å². The molecule has 10 rings (SSSR count). The number of halogens is 2. The van der Waals surface area contributed by atoms with E-state index < -0.39 is 54.9 Å². The number of esters is 2. The van der Waals surface area contributed by atoms with Crippen LogP contribution in [0.15, 0.2) is 97.6 Å². The molecule has 524 valence electrons. The third-order valence-electron chi connectivity index (χ3n) is 13.9. The van der Waals surface area contributed by atoms with Gasteiger partial charge in [0, 0.05) is 98.3 Å². The number of fused-ring (bicyclic) bond motifs is 2. The van der Waals surface area contributed by atoms with Gasteiger partial charge in [-0.15, -0.1) is 0 Å². The predicted octanol–water partition coefficient (Wildman–Crippen LogP) is 14.7. The van der Waals surface area contributed by atoms with Gasteiger partial charge in [0.15, 0.2) is 11.6 Å². The van der Waals surface area contributed by atoms with Crippen LogP contribution in [-0.2, 0) is 71.1 Å². The van der Waals surface area contributed by atoms with Gasteiger partial charge in [-0.3, -0.25) is 33.8 Å². The normalized spacial score (nSPS) is 14.7. The Bertz CT molecular complexity index is 3890. The summed E-state index contributed by atoms with van der Waals surface area (Å²) in [7, 11) is -4.17. The van der Waals surface area contributed by atoms with Crippen LogP contribution in [0.2, 0.25) is 0 Å². The number of aromatic nitrogens is 8. The minimum absolute atomic E-state index is 0. The van der Waals surface area contributed by atoms with Gasteiger partial charge < -0.3 is 44.7 Å². The molecule has 28 heteroatoms. The molecular formula is C69H91F2N12O13P. The van der Waals surface area contributed by atoms with E-state index in [2.05, 4.69) is 61.1 Å². The van der Waals surface area contributed by atoms with Crippen LogP contribution in [-0.4, -0.2) is 106 Å². The van der Waals surface area contributed by atoms with E-state index in [-0.39, 0.29) is 78.5 Å². The number of phosphoric ester groups is 1. The number of amides is 4. The number of hydrogen-bond donors (Lipinski definition) is 7. The van der Waals surface area contributed by atoms with E-state index in [1.54, 1.807) is 53.7 Å². The number of carbonyl (C=O) groups is 4. The Morgan fingerprint density at radius 1 is 0.608 bits per heavy atom. The summed E-state index contributed by atoms with van der Waals surface area (Å²) in [5.74, 6) is -0.618. The van der Waals surface area contributed by atoms with Crippen molar-refractivity contribution in [1.82, 2.24) is 50.5 Å². The molecule has 0 saturated carbocycles. The van der Waals surface area contributed by atoms with E-state index >= 15 is 8.78 Å². The molecule has 0 bridgehead atoms. The molecular weight excluding hydrogens is 1270 g/mol. The standard InChI is InChI=1S/C35H38FN6O6P.C21H25FN6O3.2C6H12O2.CH4/c1-4-37-34(43)42-33-40-27-18-26(30(36)29(31(27)41-33)28-16-11-17-45-28)25-19-38-32(39-20-25)35(2,3)48-49(44,46-21-23-12-7-5-8-13-23)47-22-24-14-9-6-10-15-24;1-4-23-20(29)28-19-26-13-8-12(11-9-24-18(25-10-11)21(2,3)30)16(22)15(17(13)27-19)14-6-5-7-31-14;2*1-5(7)8-6(2,3)4;/h5-10,12-15,18-20,28H,4,11,16-17,21-22H2,1-3H3,(H3,37,40,41,42,43);8-10,14,30H,4-7H2,1-3H3,(H3,23,26,27,28,29);2*1-4H3;1H4/t28-;14-;;;/m11.../s1. The predicted molar refractivity (Wildman–Crippen MR) is 365 cm³/mol. The summed E-state index contributed by atoms with van der Waals surface area (Å²) in [6.45, 7) is 25.9. The zero-order valence-corrected chi connectivity index (χ0v) is 57.6. The summed E-state index contributed by atoms with van der Waals surface area (Å²) in [6, 6.07) is 20.9. The van der Waals surface area contributed by atoms with E-state index in [1.807, 2.05) is 102 Å². The number of ether oxygens (including phenoxy) is 4. The number of rotatable bonds is 18. The minimum Gasteiger partial charge on any atom is -0.460 e. The van der Waals surface area contributed by atoms with Crippen LogP contribution in [0.5, 0.6) is 0 Å². The molecule has 7 N–H and O–H groups in total. The third kappa shape index (κ3) is 22.7. The molecule has 25 nitrogen and oxygen atoms in total. The molecule has 0 unspecified atom stereocenters. The topological polar surface area (TPSA) is 327 Å². The highest BCUT2D eigenvalue weighted by atomic mass is 31.2. The van der Waals surface area contributed by atoms with Crippen molar-refractivity contribution in [3.8, 4) is 22.3 Å². The van der Waals surface area contributed by atoms with Gasteiger partial charge in [0.25, 0.3) is 0 Å². The molecule has 2 aliphatic heterocycles. The SMILES string of the molecule is C.CC(=O)OC(C)(C)C.CC(=O)OC(C)(C)C.CCNC(=O)Nc1nc2c([C@H]3CCCO3)c(F)c(-c3cnc(C(C)(C)O)nc3)cc2[nH]1.CCNC(=O)Nc1nc2c([C@H]3CCCO3)c(F)c(-c3cnc(C(C)(C)OP(=O)(OCc4ccccc4)OCc4ccccc4)nc3)cc2[nH]1. The fourth-order valence-electron chi connectivity index (χ4n) is 9.96. The van der Waals surface area contributed by atoms with Gasteiger partial charge in [0.05, 0.1) is 47.5 Å². The van der Waals surface area contributed by atoms with Crippen molar-refractivity contribution in [2.75, 3.05) is 36.9 Å². The molecule has 2 saturated heterocycles. The zero-order chi connectivity index (χ0) is 70.2. The number of anilines is 2. The van der Waals surface area contributed by atoms with Crippen molar-refractivity contribution >= 4 is 65.8 Å². The Balaban J connectivity index is 0.000000262. The summed E-state index contributed by atoms with van der Waals surface area (Å²) >= 11 is 0. The Morgan fingerprint density at radius 2 is 0.979 bits per heavy atom. The molecule has 4 aromatic heterocycles. The molecule has 0 radical (unpaired) electrons. The first-order valence-corrected chi connectivity index (χ1v) is 32.9. The van der Waals surface area contributed by atoms with Crippen LogP contribution < -0.4 is 21.3 Å². The second-order valence-electron chi connectivity index (χ2n) is 25.4. The van der Waals surface area contributed by atoms with Crippen molar-refractivity contribution < 1.29 is 70.1 Å². The molecule has 6 heterocycles. The van der Waals surface area contributed by atoms with Crippen LogP contribution >= 0.6 is 7.82 Å². The quantitative estimate of drug-likeness (QED) is 0.0310. The van der Waals surface area contributed by atoms with Crippen LogP contribution in [0.1, 0.15) is 176 Å². The van der Waals surface area contributed by atoms with Gasteiger partial charge in [0.2, 0.25) is 11.9 Å². The number of hydrogen-bond acceptors (Lipinski definition) is 19. The highest BCUT2D eigenvalue weighted by Crippen LogP contribution is 2.56. The smallest absolute Gasteiger partial charge is 0.460 e. The second kappa shape index (κ2) is 34.0. The minimum atomic E-state index is -4.17. The molecule has 0 spiro atoms. The first-order valence-electron chi connectivity index (χ1n) is 31.5. The summed E-state index contributed by atoms with van der Waals surface area (Å²) in [5.41, 5.74) is 2.22. The fourth-order valence-corrected chi connectivity index (χ4v) is 11.4. The molecule has 2 fully saturated rings. The number of H-pyrrole nitrogens is 2. The molecule has 0 aliphatic carbocycles. The van der Waals surface area contributed by atoms with Crippen molar-refractivity contribution in [3.05, 3.63) is 143 Å². The Hall–Kier alpha value is -8.69. The number of urea groups is 2. The molecule has 97 heavy (non-hydrogen) atoms. The summed E-state index contributed by atoms with van der Waals surface area (Å²) in [4.78, 5) is 76.9. The van der Waals surface area contributed by atoms with Crippen LogP contribution in [0.25, 0.3) is 44.3 Å². The number of aliphatic hydroxyl groups is 1. The molecule has 2 aliphatic rings. The largest absolute Gasteiger partial charge is 0.476 e. The summed E-state index contributed by atoms with van der Waals surface area (Å²) in [5, 5.41) is 20.6. The lowest BCUT2D eigenvalue weighted by molar-refractivity contribution is -0.153. The maximum atomic E-state index is 16.4. The van der Waals surface area contributed by atoms with Crippen LogP contribution in [0, 0.1) is 11.6 Å². The van der Waals surface area contributed by atoms with Gasteiger partial charge in [-0.2, -0.15) is 0 Å². The van der Waals surface area contributed by atoms with Gasteiger partial charge in [-0.05, 0) is 132 Å². The van der Waals surface area contributed by atoms with E-state index in [1.165, 1.54) is 38.6 Å². The van der Waals surface area contributed by atoms with Crippen molar-refractivity contribution in [1.29, 1.82) is 0 Å². The van der Waals surface area contributed by atoms with Crippen molar-refractivity contribution in [2.45, 2.75) is 178 Å². The highest BCUT2D eigenvalue weighted by Gasteiger charge is 2.39. The lowest BCUT2D eigenvalue weighted by atomic mass is 9.98. The van der Waals surface area contributed by atoms with Gasteiger partial charge >= 0.3 is 31.8 Å². The molecule has 2 atom stereocenters. The third-order valence-corrected chi connectivity index (χ3v) is 15.4. The van der Waals surface area contributed by atoms with Crippen LogP contribution in [0.3, 0.4) is 0 Å². The number of benzene rings is 4. The summed E-state index contributed by atoms with van der Waals surface area (Å²) in [6.07, 6.45) is 7.89. The Labute approximate surface area is 564 Å². The maximum Gasteiger partial charge on any atom is 0.476 e. The fraction of sp³-hybridized carbons (Fsp3) is 0.449. The van der Waals surface area contributed by atoms with Gasteiger partial charge in [-0.25, -0.2) is 52.8 Å². The molecule has 4 aromatic carbocycles. The number of nitrogens with zero attached hydrogens (tertiary/aromatic N) is 6. The number of phosphoric acid groups is 1. The zero-order valence-electron chi connectivity index (χ0n) is 56.7. The maximum absolute atomic E-state index is 16.4. The monoisotopic (exact) mass is 1360 g/mol. The lowest BCUT2D eigenvalue weighted by Crippen LogP contribution is -2.28. The average molecular weight is 1370 g/mol. The lowest BCUT2D eigenvalue weighted by Gasteiger charge is -2.28. The number of aromatic amines is 2. The van der Waals surface area contributed by atoms with Gasteiger partial charge in [0.1, 0.15) is 34.0 Å². The number of nitrogens with one attached hydrogen (secondary N) is 6. The highest BCUT2D eigenvalue weighted by molar-refractivity contribution is 7.48. The van der Waals surface area contributed by atoms with Crippen molar-refractivity contribution in [3.63, 3.8) is 0 Å². The number of imidazole rings is 2. The number of carbonyl (C=O) groups excluding carboxylic acids is 4. The van der Waals surface area contributed by atoms with E-state index in [4.69, 9.17) is 32.5 Å². The van der Waals surface area contributed by atoms with Crippen molar-refractivity contribution in [2.24, 2.45) is 0 Å². The van der Waals surface area contributed by atoms with Gasteiger partial charge in [-0.1, -0.05) is 68.1 Å². The second-order valence-corrected chi connectivity index (χ2v) is 27.0. The van der Waals surface area contributed by atoms with Crippen LogP contribution in [0.4, 0.5) is 30.3 Å². The first kappa shape index (κ1) is 77.3. The average Bonchev–Trinajstić information content (AvgIpc) is 1.69.